The Morgan fingerprint density at radius 2 is 0.900 bits per heavy atom. The molecule has 0 aliphatic heterocycles. The first-order valence-electron chi connectivity index (χ1n) is 16.9. The van der Waals surface area contributed by atoms with Gasteiger partial charge in [-0.1, -0.05) is 140 Å². The highest BCUT2D eigenvalue weighted by molar-refractivity contribution is 6.10. The van der Waals surface area contributed by atoms with E-state index >= 15 is 0 Å². The standard InChI is InChI=1S/C47H32N2O/c1-4-13-33(14-5-1)35-23-27-40(28-24-35)49(42-21-12-20-38(31-42)34-15-6-2-7-16-34)41-29-25-36(26-30-41)44-32-39-19-10-11-22-43(39)46-45(44)48-47(50-46)37-17-8-3-9-18-37/h1-32H. The van der Waals surface area contributed by atoms with Crippen molar-refractivity contribution in [3.05, 3.63) is 194 Å². The van der Waals surface area contributed by atoms with Crippen LogP contribution in [0.5, 0.6) is 0 Å². The lowest BCUT2D eigenvalue weighted by molar-refractivity contribution is 0.623. The zero-order valence-electron chi connectivity index (χ0n) is 27.3. The van der Waals surface area contributed by atoms with E-state index in [2.05, 4.69) is 169 Å². The molecule has 236 valence electrons. The van der Waals surface area contributed by atoms with E-state index in [0.29, 0.717) is 5.89 Å². The Bertz CT molecular complexity index is 2560. The number of nitrogens with zero attached hydrogens (tertiary/aromatic N) is 2. The van der Waals surface area contributed by atoms with E-state index in [0.717, 1.165) is 55.6 Å². The minimum absolute atomic E-state index is 0.623. The first-order chi connectivity index (χ1) is 24.8. The number of benzene rings is 8. The van der Waals surface area contributed by atoms with E-state index in [1.807, 2.05) is 30.3 Å². The van der Waals surface area contributed by atoms with Gasteiger partial charge < -0.3 is 9.32 Å². The second-order valence-electron chi connectivity index (χ2n) is 12.4. The Kier molecular flexibility index (Phi) is 7.49. The van der Waals surface area contributed by atoms with E-state index in [9.17, 15) is 0 Å². The number of oxazole rings is 1. The molecule has 8 aromatic carbocycles. The molecule has 0 aliphatic rings. The first-order valence-corrected chi connectivity index (χ1v) is 16.9. The van der Waals surface area contributed by atoms with Gasteiger partial charge in [0.1, 0.15) is 5.52 Å². The third-order valence-electron chi connectivity index (χ3n) is 9.29. The predicted molar refractivity (Wildman–Crippen MR) is 208 cm³/mol. The smallest absolute Gasteiger partial charge is 0.227 e. The largest absolute Gasteiger partial charge is 0.435 e. The fourth-order valence-corrected chi connectivity index (χ4v) is 6.79. The van der Waals surface area contributed by atoms with Crippen LogP contribution >= 0.6 is 0 Å². The Morgan fingerprint density at radius 3 is 1.56 bits per heavy atom. The Morgan fingerprint density at radius 1 is 0.380 bits per heavy atom. The monoisotopic (exact) mass is 640 g/mol. The van der Waals surface area contributed by atoms with Crippen LogP contribution in [0.15, 0.2) is 199 Å². The molecular weight excluding hydrogens is 609 g/mol. The van der Waals surface area contributed by atoms with Crippen LogP contribution in [0.1, 0.15) is 0 Å². The van der Waals surface area contributed by atoms with Crippen LogP contribution in [0.25, 0.3) is 66.7 Å². The average Bonchev–Trinajstić information content (AvgIpc) is 3.66. The molecule has 0 unspecified atom stereocenters. The summed E-state index contributed by atoms with van der Waals surface area (Å²) in [5.41, 5.74) is 12.7. The second-order valence-corrected chi connectivity index (χ2v) is 12.4. The maximum Gasteiger partial charge on any atom is 0.227 e. The van der Waals surface area contributed by atoms with Crippen molar-refractivity contribution < 1.29 is 4.42 Å². The number of hydrogen-bond donors (Lipinski definition) is 0. The van der Waals surface area contributed by atoms with Gasteiger partial charge in [-0.3, -0.25) is 0 Å². The topological polar surface area (TPSA) is 29.3 Å². The zero-order valence-corrected chi connectivity index (χ0v) is 27.3. The summed E-state index contributed by atoms with van der Waals surface area (Å²) >= 11 is 0. The minimum Gasteiger partial charge on any atom is -0.435 e. The van der Waals surface area contributed by atoms with Crippen LogP contribution in [0, 0.1) is 0 Å². The summed E-state index contributed by atoms with van der Waals surface area (Å²) in [4.78, 5) is 7.38. The van der Waals surface area contributed by atoms with Gasteiger partial charge in [-0.15, -0.1) is 0 Å². The fraction of sp³-hybridized carbons (Fsp3) is 0. The molecule has 0 aliphatic carbocycles. The SMILES string of the molecule is c1ccc(-c2ccc(N(c3ccc(-c4cc5ccccc5c5oc(-c6ccccc6)nc45)cc3)c3cccc(-c4ccccc4)c3)cc2)cc1. The quantitative estimate of drug-likeness (QED) is 0.174. The lowest BCUT2D eigenvalue weighted by Gasteiger charge is -2.26. The van der Waals surface area contributed by atoms with Crippen molar-refractivity contribution >= 4 is 38.9 Å². The Balaban J connectivity index is 1.16. The molecule has 3 nitrogen and oxygen atoms in total. The normalized spacial score (nSPS) is 11.2. The Hall–Kier alpha value is -6.71. The van der Waals surface area contributed by atoms with Gasteiger partial charge in [-0.05, 0) is 87.8 Å². The molecule has 1 heterocycles. The van der Waals surface area contributed by atoms with Crippen molar-refractivity contribution in [3.8, 4) is 44.8 Å². The van der Waals surface area contributed by atoms with Gasteiger partial charge in [0, 0.05) is 33.6 Å². The number of fused-ring (bicyclic) bond motifs is 3. The zero-order chi connectivity index (χ0) is 33.3. The van der Waals surface area contributed by atoms with Gasteiger partial charge in [-0.2, -0.15) is 0 Å². The van der Waals surface area contributed by atoms with Crippen LogP contribution < -0.4 is 4.90 Å². The van der Waals surface area contributed by atoms with Crippen LogP contribution in [0.4, 0.5) is 17.1 Å². The summed E-state index contributed by atoms with van der Waals surface area (Å²) in [6.45, 7) is 0. The summed E-state index contributed by atoms with van der Waals surface area (Å²) in [5.74, 6) is 0.623. The van der Waals surface area contributed by atoms with E-state index in [-0.39, 0.29) is 0 Å². The number of anilines is 3. The molecule has 0 N–H and O–H groups in total. The van der Waals surface area contributed by atoms with Crippen molar-refractivity contribution in [2.75, 3.05) is 4.90 Å². The van der Waals surface area contributed by atoms with Crippen molar-refractivity contribution in [3.63, 3.8) is 0 Å². The molecule has 9 rings (SSSR count). The maximum atomic E-state index is 6.48. The molecule has 50 heavy (non-hydrogen) atoms. The van der Waals surface area contributed by atoms with Crippen molar-refractivity contribution in [2.45, 2.75) is 0 Å². The van der Waals surface area contributed by atoms with E-state index < -0.39 is 0 Å². The Labute approximate surface area is 291 Å². The molecule has 0 spiro atoms. The second kappa shape index (κ2) is 12.7. The third-order valence-corrected chi connectivity index (χ3v) is 9.29. The van der Waals surface area contributed by atoms with Crippen LogP contribution in [0.2, 0.25) is 0 Å². The van der Waals surface area contributed by atoms with Gasteiger partial charge in [-0.25, -0.2) is 4.98 Å². The maximum absolute atomic E-state index is 6.48. The number of hydrogen-bond acceptors (Lipinski definition) is 3. The summed E-state index contributed by atoms with van der Waals surface area (Å²) < 4.78 is 6.48. The molecule has 0 bridgehead atoms. The molecule has 0 atom stereocenters. The molecule has 1 aromatic heterocycles. The van der Waals surface area contributed by atoms with Crippen LogP contribution in [-0.2, 0) is 0 Å². The third kappa shape index (κ3) is 5.51. The summed E-state index contributed by atoms with van der Waals surface area (Å²) in [6, 6.07) is 68.1. The predicted octanol–water partition coefficient (Wildman–Crippen LogP) is 13.1. The van der Waals surface area contributed by atoms with Crippen LogP contribution in [-0.4, -0.2) is 4.98 Å². The van der Waals surface area contributed by atoms with Gasteiger partial charge in [0.15, 0.2) is 5.58 Å². The summed E-state index contributed by atoms with van der Waals surface area (Å²) in [5, 5.41) is 2.17. The van der Waals surface area contributed by atoms with Gasteiger partial charge in [0.25, 0.3) is 0 Å². The van der Waals surface area contributed by atoms with Crippen molar-refractivity contribution in [1.29, 1.82) is 0 Å². The molecular formula is C47H32N2O. The molecule has 0 radical (unpaired) electrons. The van der Waals surface area contributed by atoms with E-state index in [4.69, 9.17) is 9.40 Å². The highest BCUT2D eigenvalue weighted by Crippen LogP contribution is 2.41. The molecule has 0 saturated heterocycles. The van der Waals surface area contributed by atoms with Crippen molar-refractivity contribution in [1.82, 2.24) is 4.98 Å². The number of aromatic nitrogens is 1. The van der Waals surface area contributed by atoms with E-state index in [1.165, 1.54) is 22.3 Å². The fourth-order valence-electron chi connectivity index (χ4n) is 6.79. The summed E-state index contributed by atoms with van der Waals surface area (Å²) in [6.07, 6.45) is 0. The molecule has 0 amide bonds. The van der Waals surface area contributed by atoms with Gasteiger partial charge >= 0.3 is 0 Å². The molecule has 3 heteroatoms. The minimum atomic E-state index is 0.623. The van der Waals surface area contributed by atoms with E-state index in [1.54, 1.807) is 0 Å². The lowest BCUT2D eigenvalue weighted by atomic mass is 9.98. The summed E-state index contributed by atoms with van der Waals surface area (Å²) in [7, 11) is 0. The highest BCUT2D eigenvalue weighted by Gasteiger charge is 2.18. The van der Waals surface area contributed by atoms with Gasteiger partial charge in [0.05, 0.1) is 0 Å². The highest BCUT2D eigenvalue weighted by atomic mass is 16.3. The molecule has 0 saturated carbocycles. The van der Waals surface area contributed by atoms with Gasteiger partial charge in [0.2, 0.25) is 5.89 Å². The molecule has 0 fully saturated rings. The van der Waals surface area contributed by atoms with Crippen LogP contribution in [0.3, 0.4) is 0 Å². The average molecular weight is 641 g/mol. The number of rotatable bonds is 7. The first kappa shape index (κ1) is 29.4. The van der Waals surface area contributed by atoms with Crippen molar-refractivity contribution in [2.24, 2.45) is 0 Å². The lowest BCUT2D eigenvalue weighted by Crippen LogP contribution is -2.10. The molecule has 9 aromatic rings.